The van der Waals surface area contributed by atoms with Crippen molar-refractivity contribution in [1.82, 2.24) is 15.3 Å². The minimum atomic E-state index is 0.870. The molecule has 0 saturated heterocycles. The lowest BCUT2D eigenvalue weighted by atomic mass is 10.3. The van der Waals surface area contributed by atoms with Crippen LogP contribution in [0.5, 0.6) is 0 Å². The Morgan fingerprint density at radius 3 is 2.78 bits per heavy atom. The molecule has 2 aromatic rings. The fraction of sp³-hybridized carbons (Fsp3) is 0.286. The molecule has 2 heterocycles. The van der Waals surface area contributed by atoms with Gasteiger partial charge in [-0.2, -0.15) is 0 Å². The molecule has 0 radical (unpaired) electrons. The lowest BCUT2D eigenvalue weighted by molar-refractivity contribution is 0.665. The van der Waals surface area contributed by atoms with E-state index in [9.17, 15) is 0 Å². The average molecular weight is 259 g/mol. The van der Waals surface area contributed by atoms with E-state index >= 15 is 0 Å². The van der Waals surface area contributed by atoms with Gasteiger partial charge < -0.3 is 5.32 Å². The molecule has 0 atom stereocenters. The number of aromatic nitrogens is 2. The number of nitrogens with one attached hydrogen (secondary N) is 1. The molecule has 0 saturated carbocycles. The summed E-state index contributed by atoms with van der Waals surface area (Å²) in [5.41, 5.74) is 1.24. The van der Waals surface area contributed by atoms with Crippen molar-refractivity contribution in [2.45, 2.75) is 29.8 Å². The van der Waals surface area contributed by atoms with Crippen LogP contribution in [-0.2, 0) is 6.54 Å². The van der Waals surface area contributed by atoms with Crippen molar-refractivity contribution in [3.8, 4) is 0 Å². The topological polar surface area (TPSA) is 37.8 Å². The van der Waals surface area contributed by atoms with E-state index < -0.39 is 0 Å². The van der Waals surface area contributed by atoms with Crippen molar-refractivity contribution in [2.75, 3.05) is 6.54 Å². The molecule has 0 bridgehead atoms. The Bertz CT molecular complexity index is 473. The summed E-state index contributed by atoms with van der Waals surface area (Å²) in [6, 6.07) is 8.12. The van der Waals surface area contributed by atoms with Gasteiger partial charge >= 0.3 is 0 Å². The highest BCUT2D eigenvalue weighted by Crippen LogP contribution is 2.27. The maximum atomic E-state index is 4.46. The van der Waals surface area contributed by atoms with Gasteiger partial charge in [-0.1, -0.05) is 24.8 Å². The minimum absolute atomic E-state index is 0.870. The lowest BCUT2D eigenvalue weighted by Crippen LogP contribution is -2.14. The Morgan fingerprint density at radius 1 is 1.17 bits per heavy atom. The van der Waals surface area contributed by atoms with Crippen molar-refractivity contribution in [2.24, 2.45) is 0 Å². The van der Waals surface area contributed by atoms with Crippen LogP contribution in [0.25, 0.3) is 0 Å². The summed E-state index contributed by atoms with van der Waals surface area (Å²) in [6.45, 7) is 4.08. The van der Waals surface area contributed by atoms with Gasteiger partial charge in [-0.3, -0.25) is 4.98 Å². The average Bonchev–Trinajstić information content (AvgIpc) is 2.42. The van der Waals surface area contributed by atoms with Crippen LogP contribution in [0.2, 0.25) is 0 Å². The van der Waals surface area contributed by atoms with Crippen molar-refractivity contribution in [1.29, 1.82) is 0 Å². The van der Waals surface area contributed by atoms with Crippen molar-refractivity contribution in [3.05, 3.63) is 48.4 Å². The van der Waals surface area contributed by atoms with Crippen molar-refractivity contribution >= 4 is 11.8 Å². The van der Waals surface area contributed by atoms with Gasteiger partial charge in [-0.05, 0) is 36.7 Å². The molecule has 0 spiro atoms. The van der Waals surface area contributed by atoms with Crippen LogP contribution in [0.4, 0.5) is 0 Å². The van der Waals surface area contributed by atoms with E-state index in [0.717, 1.165) is 24.5 Å². The molecule has 94 valence electrons. The summed E-state index contributed by atoms with van der Waals surface area (Å²) in [5.74, 6) is 0. The molecule has 0 aliphatic carbocycles. The zero-order valence-corrected chi connectivity index (χ0v) is 11.3. The van der Waals surface area contributed by atoms with Crippen LogP contribution >= 0.6 is 11.8 Å². The highest BCUT2D eigenvalue weighted by molar-refractivity contribution is 7.99. The minimum Gasteiger partial charge on any atom is -0.313 e. The molecule has 2 aromatic heterocycles. The second kappa shape index (κ2) is 7.13. The molecule has 0 fully saturated rings. The Hall–Kier alpha value is -1.39. The summed E-state index contributed by atoms with van der Waals surface area (Å²) < 4.78 is 0. The first-order chi connectivity index (χ1) is 8.90. The highest BCUT2D eigenvalue weighted by atomic mass is 32.2. The van der Waals surface area contributed by atoms with E-state index in [-0.39, 0.29) is 0 Å². The first kappa shape index (κ1) is 13.1. The van der Waals surface area contributed by atoms with Crippen LogP contribution < -0.4 is 5.32 Å². The second-order valence-corrected chi connectivity index (χ2v) is 4.99. The molecule has 0 unspecified atom stereocenters. The quantitative estimate of drug-likeness (QED) is 0.809. The second-order valence-electron chi connectivity index (χ2n) is 3.93. The van der Waals surface area contributed by atoms with Crippen LogP contribution in [0, 0.1) is 0 Å². The lowest BCUT2D eigenvalue weighted by Gasteiger charge is -2.08. The highest BCUT2D eigenvalue weighted by Gasteiger charge is 2.04. The van der Waals surface area contributed by atoms with Crippen molar-refractivity contribution < 1.29 is 0 Å². The zero-order chi connectivity index (χ0) is 12.6. The van der Waals surface area contributed by atoms with Gasteiger partial charge in [0.15, 0.2) is 0 Å². The molecule has 0 aromatic carbocycles. The smallest absolute Gasteiger partial charge is 0.105 e. The van der Waals surface area contributed by atoms with E-state index in [1.807, 2.05) is 24.4 Å². The third-order valence-electron chi connectivity index (χ3n) is 2.46. The van der Waals surface area contributed by atoms with Crippen LogP contribution in [0.15, 0.2) is 52.8 Å². The Kier molecular flexibility index (Phi) is 5.17. The van der Waals surface area contributed by atoms with Gasteiger partial charge in [0.1, 0.15) is 5.03 Å². The summed E-state index contributed by atoms with van der Waals surface area (Å²) in [7, 11) is 0. The number of rotatable bonds is 6. The molecule has 0 aliphatic heterocycles. The third kappa shape index (κ3) is 3.82. The van der Waals surface area contributed by atoms with E-state index in [0.29, 0.717) is 0 Å². The molecule has 0 aliphatic rings. The fourth-order valence-electron chi connectivity index (χ4n) is 1.57. The zero-order valence-electron chi connectivity index (χ0n) is 10.5. The molecule has 1 N–H and O–H groups in total. The predicted molar refractivity (Wildman–Crippen MR) is 74.6 cm³/mol. The van der Waals surface area contributed by atoms with Gasteiger partial charge in [-0.15, -0.1) is 0 Å². The summed E-state index contributed by atoms with van der Waals surface area (Å²) in [4.78, 5) is 9.65. The first-order valence-corrected chi connectivity index (χ1v) is 6.94. The maximum Gasteiger partial charge on any atom is 0.105 e. The van der Waals surface area contributed by atoms with Gasteiger partial charge in [-0.25, -0.2) is 4.98 Å². The number of nitrogens with zero attached hydrogens (tertiary/aromatic N) is 2. The monoisotopic (exact) mass is 259 g/mol. The molecule has 0 amide bonds. The number of hydrogen-bond acceptors (Lipinski definition) is 4. The summed E-state index contributed by atoms with van der Waals surface area (Å²) >= 11 is 1.68. The van der Waals surface area contributed by atoms with Crippen LogP contribution in [-0.4, -0.2) is 16.5 Å². The molecule has 18 heavy (non-hydrogen) atoms. The fourth-order valence-corrected chi connectivity index (χ4v) is 2.43. The van der Waals surface area contributed by atoms with E-state index in [2.05, 4.69) is 28.3 Å². The maximum absolute atomic E-state index is 4.46. The van der Waals surface area contributed by atoms with E-state index in [1.54, 1.807) is 24.2 Å². The summed E-state index contributed by atoms with van der Waals surface area (Å²) in [6.07, 6.45) is 6.60. The normalized spacial score (nSPS) is 10.5. The Balaban J connectivity index is 2.07. The predicted octanol–water partition coefficient (Wildman–Crippen LogP) is 3.13. The van der Waals surface area contributed by atoms with Crippen LogP contribution in [0.1, 0.15) is 18.9 Å². The Labute approximate surface area is 112 Å². The molecular formula is C14H17N3S. The number of pyridine rings is 2. The van der Waals surface area contributed by atoms with E-state index in [1.165, 1.54) is 10.5 Å². The van der Waals surface area contributed by atoms with E-state index in [4.69, 9.17) is 0 Å². The molecular weight excluding hydrogens is 242 g/mol. The largest absolute Gasteiger partial charge is 0.313 e. The van der Waals surface area contributed by atoms with Crippen LogP contribution in [0.3, 0.4) is 0 Å². The van der Waals surface area contributed by atoms with Crippen molar-refractivity contribution in [3.63, 3.8) is 0 Å². The molecule has 2 rings (SSSR count). The SMILES string of the molecule is CCCNCc1cccnc1Sc1ccncc1. The Morgan fingerprint density at radius 2 is 2.00 bits per heavy atom. The molecule has 3 nitrogen and oxygen atoms in total. The molecule has 4 heteroatoms. The van der Waals surface area contributed by atoms with Gasteiger partial charge in [0, 0.05) is 30.0 Å². The summed E-state index contributed by atoms with van der Waals surface area (Å²) in [5, 5.41) is 4.47. The first-order valence-electron chi connectivity index (χ1n) is 6.12. The standard InChI is InChI=1S/C14H17N3S/c1-2-7-16-11-12-4-3-8-17-14(12)18-13-5-9-15-10-6-13/h3-6,8-10,16H,2,7,11H2,1H3. The third-order valence-corrected chi connectivity index (χ3v) is 3.53. The van der Waals surface area contributed by atoms with Gasteiger partial charge in [0.2, 0.25) is 0 Å². The number of hydrogen-bond donors (Lipinski definition) is 1. The van der Waals surface area contributed by atoms with Gasteiger partial charge in [0.25, 0.3) is 0 Å². The van der Waals surface area contributed by atoms with Gasteiger partial charge in [0.05, 0.1) is 0 Å².